The predicted molar refractivity (Wildman–Crippen MR) is 142 cm³/mol. The lowest BCUT2D eigenvalue weighted by Gasteiger charge is -2.29. The van der Waals surface area contributed by atoms with Crippen LogP contribution in [0.5, 0.6) is 0 Å². The topological polar surface area (TPSA) is 0 Å². The van der Waals surface area contributed by atoms with E-state index >= 15 is 0 Å². The molecule has 176 valence electrons. The van der Waals surface area contributed by atoms with Gasteiger partial charge in [-0.1, -0.05) is 133 Å². The summed E-state index contributed by atoms with van der Waals surface area (Å²) in [6, 6.07) is 18.5. The lowest BCUT2D eigenvalue weighted by Crippen LogP contribution is -2.13. The molecule has 0 atom stereocenters. The van der Waals surface area contributed by atoms with Crippen LogP contribution in [0.15, 0.2) is 48.5 Å². The molecule has 0 spiro atoms. The number of unbranched alkanes of at least 4 members (excludes halogenated alkanes) is 9. The molecule has 0 amide bonds. The lowest BCUT2D eigenvalue weighted by atomic mass is 9.77. The highest BCUT2D eigenvalue weighted by molar-refractivity contribution is 5.64. The molecule has 32 heavy (non-hydrogen) atoms. The summed E-state index contributed by atoms with van der Waals surface area (Å²) in [6.07, 6.45) is 22.8. The van der Waals surface area contributed by atoms with Crippen LogP contribution in [-0.2, 0) is 6.42 Å². The van der Waals surface area contributed by atoms with Gasteiger partial charge in [-0.15, -0.1) is 0 Å². The fourth-order valence-corrected chi connectivity index (χ4v) is 5.59. The molecular formula is C32H48. The van der Waals surface area contributed by atoms with Crippen LogP contribution in [0.25, 0.3) is 11.1 Å². The third-order valence-electron chi connectivity index (χ3n) is 7.89. The normalized spacial score (nSPS) is 18.7. The van der Waals surface area contributed by atoms with E-state index in [4.69, 9.17) is 0 Å². The molecule has 1 aliphatic rings. The standard InChI is InChI=1S/C32H48/c1-3-5-6-7-8-9-10-11-12-13-14-28-17-21-30(22-18-28)32-25-23-31(24-26-32)29-19-15-27(4-2)16-20-29/h15-16,19-20,23-26,28,30H,3-14,17-18,21-22H2,1-2H3. The molecule has 0 radical (unpaired) electrons. The number of benzene rings is 2. The first-order chi connectivity index (χ1) is 15.8. The van der Waals surface area contributed by atoms with Crippen molar-refractivity contribution in [3.63, 3.8) is 0 Å². The summed E-state index contributed by atoms with van der Waals surface area (Å²) in [5.74, 6) is 1.78. The van der Waals surface area contributed by atoms with Crippen molar-refractivity contribution in [2.24, 2.45) is 5.92 Å². The number of hydrogen-bond acceptors (Lipinski definition) is 0. The second-order valence-electron chi connectivity index (χ2n) is 10.4. The average molecular weight is 433 g/mol. The molecular weight excluding hydrogens is 384 g/mol. The van der Waals surface area contributed by atoms with Gasteiger partial charge in [-0.25, -0.2) is 0 Å². The van der Waals surface area contributed by atoms with E-state index in [9.17, 15) is 0 Å². The highest BCUT2D eigenvalue weighted by Crippen LogP contribution is 2.38. The summed E-state index contributed by atoms with van der Waals surface area (Å²) in [6.45, 7) is 4.52. The van der Waals surface area contributed by atoms with Crippen molar-refractivity contribution < 1.29 is 0 Å². The molecule has 1 aliphatic carbocycles. The zero-order chi connectivity index (χ0) is 22.4. The molecule has 0 aromatic heterocycles. The number of rotatable bonds is 14. The Balaban J connectivity index is 1.29. The quantitative estimate of drug-likeness (QED) is 0.260. The van der Waals surface area contributed by atoms with Crippen molar-refractivity contribution in [2.75, 3.05) is 0 Å². The molecule has 0 heterocycles. The first-order valence-electron chi connectivity index (χ1n) is 14.0. The van der Waals surface area contributed by atoms with E-state index in [1.165, 1.54) is 113 Å². The Morgan fingerprint density at radius 3 is 1.59 bits per heavy atom. The third kappa shape index (κ3) is 8.42. The Morgan fingerprint density at radius 2 is 1.06 bits per heavy atom. The molecule has 3 rings (SSSR count). The molecule has 0 bridgehead atoms. The van der Waals surface area contributed by atoms with Crippen LogP contribution >= 0.6 is 0 Å². The molecule has 0 aliphatic heterocycles. The first kappa shape index (κ1) is 25.1. The largest absolute Gasteiger partial charge is 0.0654 e. The van der Waals surface area contributed by atoms with Gasteiger partial charge in [0.25, 0.3) is 0 Å². The van der Waals surface area contributed by atoms with Gasteiger partial charge in [0, 0.05) is 0 Å². The van der Waals surface area contributed by atoms with Gasteiger partial charge in [0.2, 0.25) is 0 Å². The van der Waals surface area contributed by atoms with E-state index in [1.807, 2.05) is 0 Å². The smallest absolute Gasteiger partial charge is 0.0162 e. The van der Waals surface area contributed by atoms with E-state index in [-0.39, 0.29) is 0 Å². The van der Waals surface area contributed by atoms with Gasteiger partial charge in [-0.2, -0.15) is 0 Å². The first-order valence-corrected chi connectivity index (χ1v) is 14.0. The Kier molecular flexibility index (Phi) is 11.4. The molecule has 0 saturated heterocycles. The van der Waals surface area contributed by atoms with Gasteiger partial charge in [0.05, 0.1) is 0 Å². The second kappa shape index (κ2) is 14.6. The molecule has 0 nitrogen and oxygen atoms in total. The maximum absolute atomic E-state index is 2.40. The van der Waals surface area contributed by atoms with E-state index in [0.717, 1.165) is 18.3 Å². The van der Waals surface area contributed by atoms with Gasteiger partial charge in [0.1, 0.15) is 0 Å². The third-order valence-corrected chi connectivity index (χ3v) is 7.89. The fourth-order valence-electron chi connectivity index (χ4n) is 5.59. The second-order valence-corrected chi connectivity index (χ2v) is 10.4. The van der Waals surface area contributed by atoms with Crippen LogP contribution in [0.4, 0.5) is 0 Å². The van der Waals surface area contributed by atoms with Crippen molar-refractivity contribution >= 4 is 0 Å². The van der Waals surface area contributed by atoms with Crippen LogP contribution in [0.1, 0.15) is 127 Å². The monoisotopic (exact) mass is 432 g/mol. The highest BCUT2D eigenvalue weighted by atomic mass is 14.3. The molecule has 1 fully saturated rings. The summed E-state index contributed by atoms with van der Waals surface area (Å²) < 4.78 is 0. The van der Waals surface area contributed by atoms with Crippen molar-refractivity contribution in [3.05, 3.63) is 59.7 Å². The van der Waals surface area contributed by atoms with E-state index in [1.54, 1.807) is 5.56 Å². The molecule has 1 saturated carbocycles. The summed E-state index contributed by atoms with van der Waals surface area (Å²) in [5.41, 5.74) is 5.68. The van der Waals surface area contributed by atoms with Crippen molar-refractivity contribution in [1.29, 1.82) is 0 Å². The van der Waals surface area contributed by atoms with Crippen LogP contribution in [0.3, 0.4) is 0 Å². The summed E-state index contributed by atoms with van der Waals surface area (Å²) >= 11 is 0. The highest BCUT2D eigenvalue weighted by Gasteiger charge is 2.22. The SMILES string of the molecule is CCCCCCCCCCCCC1CCC(c2ccc(-c3ccc(CC)cc3)cc2)CC1. The van der Waals surface area contributed by atoms with Crippen LogP contribution in [0.2, 0.25) is 0 Å². The van der Waals surface area contributed by atoms with Gasteiger partial charge >= 0.3 is 0 Å². The van der Waals surface area contributed by atoms with E-state index in [0.29, 0.717) is 0 Å². The minimum Gasteiger partial charge on any atom is -0.0654 e. The maximum atomic E-state index is 2.40. The van der Waals surface area contributed by atoms with Crippen LogP contribution in [0, 0.1) is 5.92 Å². The van der Waals surface area contributed by atoms with Crippen molar-refractivity contribution in [3.8, 4) is 11.1 Å². The minimum atomic E-state index is 0.787. The Hall–Kier alpha value is -1.56. The Bertz CT molecular complexity index is 716. The average Bonchev–Trinajstić information content (AvgIpc) is 2.86. The Morgan fingerprint density at radius 1 is 0.562 bits per heavy atom. The van der Waals surface area contributed by atoms with E-state index < -0.39 is 0 Å². The molecule has 2 aromatic carbocycles. The zero-order valence-electron chi connectivity index (χ0n) is 21.1. The summed E-state index contributed by atoms with van der Waals surface area (Å²) in [5, 5.41) is 0. The fraction of sp³-hybridized carbons (Fsp3) is 0.625. The van der Waals surface area contributed by atoms with Gasteiger partial charge in [-0.3, -0.25) is 0 Å². The maximum Gasteiger partial charge on any atom is -0.0162 e. The number of aryl methyl sites for hydroxylation is 1. The van der Waals surface area contributed by atoms with Gasteiger partial charge < -0.3 is 0 Å². The molecule has 2 aromatic rings. The predicted octanol–water partition coefficient (Wildman–Crippen LogP) is 10.5. The van der Waals surface area contributed by atoms with Gasteiger partial charge in [0.15, 0.2) is 0 Å². The Labute approximate surface area is 199 Å². The van der Waals surface area contributed by atoms with Crippen molar-refractivity contribution in [1.82, 2.24) is 0 Å². The van der Waals surface area contributed by atoms with Crippen LogP contribution in [-0.4, -0.2) is 0 Å². The summed E-state index contributed by atoms with van der Waals surface area (Å²) in [7, 11) is 0. The number of hydrogen-bond donors (Lipinski definition) is 0. The summed E-state index contributed by atoms with van der Waals surface area (Å²) in [4.78, 5) is 0. The van der Waals surface area contributed by atoms with Crippen molar-refractivity contribution in [2.45, 2.75) is 122 Å². The van der Waals surface area contributed by atoms with Crippen LogP contribution < -0.4 is 0 Å². The van der Waals surface area contributed by atoms with Gasteiger partial charge in [-0.05, 0) is 66.2 Å². The van der Waals surface area contributed by atoms with E-state index in [2.05, 4.69) is 62.4 Å². The lowest BCUT2D eigenvalue weighted by molar-refractivity contribution is 0.302. The zero-order valence-corrected chi connectivity index (χ0v) is 21.1. The molecule has 0 unspecified atom stereocenters. The minimum absolute atomic E-state index is 0.787. The molecule has 0 N–H and O–H groups in total. The molecule has 0 heteroatoms.